The Kier molecular flexibility index (Phi) is 3.20. The minimum atomic E-state index is -0.0930. The molecule has 0 amide bonds. The highest BCUT2D eigenvalue weighted by Gasteiger charge is 2.35. The van der Waals surface area contributed by atoms with E-state index in [1.165, 1.54) is 0 Å². The van der Waals surface area contributed by atoms with Gasteiger partial charge in [0.15, 0.2) is 5.78 Å². The molecule has 3 nitrogen and oxygen atoms in total. The van der Waals surface area contributed by atoms with Crippen LogP contribution in [0.15, 0.2) is 18.2 Å². The van der Waals surface area contributed by atoms with Crippen molar-refractivity contribution in [2.45, 2.75) is 31.6 Å². The van der Waals surface area contributed by atoms with Crippen LogP contribution in [0.5, 0.6) is 5.75 Å². The molecule has 92 valence electrons. The summed E-state index contributed by atoms with van der Waals surface area (Å²) in [5.74, 6) is 0.889. The average Bonchev–Trinajstić information content (AvgIpc) is 2.34. The van der Waals surface area contributed by atoms with Crippen molar-refractivity contribution >= 4 is 5.78 Å². The van der Waals surface area contributed by atoms with Gasteiger partial charge in [0.2, 0.25) is 0 Å². The van der Waals surface area contributed by atoms with E-state index in [1.54, 1.807) is 7.11 Å². The summed E-state index contributed by atoms with van der Waals surface area (Å²) >= 11 is 0. The summed E-state index contributed by atoms with van der Waals surface area (Å²) in [6.07, 6.45) is 2.06. The standard InChI is InChI=1S/C14H18O3/c1-14(7-8-15)6-5-13(16)11-9-10(17-2)3-4-12(11)14/h3-4,9,15H,5-8H2,1-2H3. The highest BCUT2D eigenvalue weighted by Crippen LogP contribution is 2.40. The van der Waals surface area contributed by atoms with E-state index in [0.29, 0.717) is 18.6 Å². The predicted molar refractivity (Wildman–Crippen MR) is 65.6 cm³/mol. The van der Waals surface area contributed by atoms with Crippen LogP contribution >= 0.6 is 0 Å². The van der Waals surface area contributed by atoms with Crippen LogP contribution in [0, 0.1) is 0 Å². The molecule has 2 rings (SSSR count). The summed E-state index contributed by atoms with van der Waals surface area (Å²) in [6, 6.07) is 5.65. The van der Waals surface area contributed by atoms with Crippen molar-refractivity contribution < 1.29 is 14.6 Å². The maximum atomic E-state index is 11.9. The number of carbonyl (C=O) groups is 1. The normalized spacial score (nSPS) is 23.4. The number of methoxy groups -OCH3 is 1. The number of rotatable bonds is 3. The van der Waals surface area contributed by atoms with Crippen LogP contribution < -0.4 is 4.74 Å². The van der Waals surface area contributed by atoms with E-state index in [9.17, 15) is 4.79 Å². The van der Waals surface area contributed by atoms with Crippen LogP contribution in [0.1, 0.15) is 42.1 Å². The average molecular weight is 234 g/mol. The molecule has 0 aromatic heterocycles. The highest BCUT2D eigenvalue weighted by atomic mass is 16.5. The van der Waals surface area contributed by atoms with E-state index in [0.717, 1.165) is 17.5 Å². The number of fused-ring (bicyclic) bond motifs is 1. The Morgan fingerprint density at radius 2 is 2.24 bits per heavy atom. The zero-order valence-corrected chi connectivity index (χ0v) is 10.3. The molecule has 17 heavy (non-hydrogen) atoms. The third-order valence-electron chi connectivity index (χ3n) is 3.74. The number of hydrogen-bond donors (Lipinski definition) is 1. The Morgan fingerprint density at radius 3 is 2.88 bits per heavy atom. The summed E-state index contributed by atoms with van der Waals surface area (Å²) in [5, 5.41) is 9.17. The number of carbonyl (C=O) groups excluding carboxylic acids is 1. The Labute approximate surface area is 101 Å². The zero-order chi connectivity index (χ0) is 12.5. The van der Waals surface area contributed by atoms with Crippen LogP contribution in [0.25, 0.3) is 0 Å². The van der Waals surface area contributed by atoms with E-state index in [-0.39, 0.29) is 17.8 Å². The second-order valence-corrected chi connectivity index (χ2v) is 4.87. The molecule has 0 radical (unpaired) electrons. The van der Waals surface area contributed by atoms with Crippen molar-refractivity contribution in [3.63, 3.8) is 0 Å². The molecular formula is C14H18O3. The summed E-state index contributed by atoms with van der Waals surface area (Å²) in [6.45, 7) is 2.26. The Morgan fingerprint density at radius 1 is 1.47 bits per heavy atom. The van der Waals surface area contributed by atoms with E-state index in [2.05, 4.69) is 6.92 Å². The first-order valence-electron chi connectivity index (χ1n) is 5.93. The molecule has 0 aliphatic heterocycles. The Balaban J connectivity index is 2.50. The van der Waals surface area contributed by atoms with Gasteiger partial charge in [0.1, 0.15) is 5.75 Å². The first-order chi connectivity index (χ1) is 8.10. The third kappa shape index (κ3) is 2.07. The Bertz CT molecular complexity index is 439. The molecule has 1 N–H and O–H groups in total. The fourth-order valence-corrected chi connectivity index (χ4v) is 2.57. The van der Waals surface area contributed by atoms with Crippen molar-refractivity contribution in [3.05, 3.63) is 29.3 Å². The van der Waals surface area contributed by atoms with Gasteiger partial charge in [-0.05, 0) is 36.0 Å². The predicted octanol–water partition coefficient (Wildman–Crippen LogP) is 2.31. The molecule has 1 aliphatic carbocycles. The molecule has 1 aromatic carbocycles. The van der Waals surface area contributed by atoms with Crippen molar-refractivity contribution in [2.75, 3.05) is 13.7 Å². The van der Waals surface area contributed by atoms with Gasteiger partial charge in [-0.3, -0.25) is 4.79 Å². The fraction of sp³-hybridized carbons (Fsp3) is 0.500. The molecule has 3 heteroatoms. The van der Waals surface area contributed by atoms with Crippen molar-refractivity contribution in [1.82, 2.24) is 0 Å². The molecule has 0 bridgehead atoms. The number of hydrogen-bond acceptors (Lipinski definition) is 3. The second kappa shape index (κ2) is 4.49. The number of aliphatic hydroxyl groups is 1. The van der Waals surface area contributed by atoms with Gasteiger partial charge in [-0.1, -0.05) is 13.0 Å². The summed E-state index contributed by atoms with van der Waals surface area (Å²) < 4.78 is 5.16. The van der Waals surface area contributed by atoms with Crippen molar-refractivity contribution in [3.8, 4) is 5.75 Å². The number of benzene rings is 1. The fourth-order valence-electron chi connectivity index (χ4n) is 2.57. The SMILES string of the molecule is COc1ccc2c(c1)C(=O)CCC2(C)CCO. The molecule has 1 atom stereocenters. The van der Waals surface area contributed by atoms with Crippen LogP contribution in [-0.4, -0.2) is 24.6 Å². The topological polar surface area (TPSA) is 46.5 Å². The summed E-state index contributed by atoms with van der Waals surface area (Å²) in [5.41, 5.74) is 1.71. The van der Waals surface area contributed by atoms with Crippen LogP contribution in [0.3, 0.4) is 0 Å². The lowest BCUT2D eigenvalue weighted by Crippen LogP contribution is -2.31. The van der Waals surface area contributed by atoms with Crippen LogP contribution in [0.4, 0.5) is 0 Å². The molecule has 0 spiro atoms. The third-order valence-corrected chi connectivity index (χ3v) is 3.74. The van der Waals surface area contributed by atoms with Crippen LogP contribution in [-0.2, 0) is 5.41 Å². The maximum absolute atomic E-state index is 11.9. The second-order valence-electron chi connectivity index (χ2n) is 4.87. The summed E-state index contributed by atoms with van der Waals surface area (Å²) in [4.78, 5) is 11.9. The summed E-state index contributed by atoms with van der Waals surface area (Å²) in [7, 11) is 1.60. The van der Waals surface area contributed by atoms with E-state index in [4.69, 9.17) is 9.84 Å². The molecule has 0 heterocycles. The smallest absolute Gasteiger partial charge is 0.163 e. The number of aliphatic hydroxyl groups excluding tert-OH is 1. The van der Waals surface area contributed by atoms with E-state index < -0.39 is 0 Å². The van der Waals surface area contributed by atoms with E-state index >= 15 is 0 Å². The lowest BCUT2D eigenvalue weighted by molar-refractivity contribution is 0.0945. The minimum Gasteiger partial charge on any atom is -0.497 e. The lowest BCUT2D eigenvalue weighted by atomic mass is 9.69. The monoisotopic (exact) mass is 234 g/mol. The van der Waals surface area contributed by atoms with Gasteiger partial charge in [-0.25, -0.2) is 0 Å². The molecule has 0 fully saturated rings. The van der Waals surface area contributed by atoms with Crippen molar-refractivity contribution in [2.24, 2.45) is 0 Å². The van der Waals surface area contributed by atoms with Gasteiger partial charge < -0.3 is 9.84 Å². The molecular weight excluding hydrogens is 216 g/mol. The first kappa shape index (κ1) is 12.1. The largest absolute Gasteiger partial charge is 0.497 e. The molecule has 0 saturated carbocycles. The molecule has 1 aliphatic rings. The van der Waals surface area contributed by atoms with Crippen LogP contribution in [0.2, 0.25) is 0 Å². The van der Waals surface area contributed by atoms with Gasteiger partial charge in [0, 0.05) is 18.6 Å². The maximum Gasteiger partial charge on any atom is 0.163 e. The molecule has 1 aromatic rings. The number of Topliss-reactive ketones (excluding diaryl/α,β-unsaturated/α-hetero) is 1. The molecule has 0 saturated heterocycles. The van der Waals surface area contributed by atoms with Crippen molar-refractivity contribution in [1.29, 1.82) is 0 Å². The quantitative estimate of drug-likeness (QED) is 0.873. The van der Waals surface area contributed by atoms with E-state index in [1.807, 2.05) is 18.2 Å². The molecule has 1 unspecified atom stereocenters. The number of ether oxygens (including phenoxy) is 1. The van der Waals surface area contributed by atoms with Gasteiger partial charge in [0.25, 0.3) is 0 Å². The lowest BCUT2D eigenvalue weighted by Gasteiger charge is -2.35. The van der Waals surface area contributed by atoms with Gasteiger partial charge in [-0.2, -0.15) is 0 Å². The Hall–Kier alpha value is -1.35. The minimum absolute atomic E-state index is 0.0930. The van der Waals surface area contributed by atoms with Gasteiger partial charge in [0.05, 0.1) is 7.11 Å². The highest BCUT2D eigenvalue weighted by molar-refractivity contribution is 5.99. The van der Waals surface area contributed by atoms with Gasteiger partial charge in [-0.15, -0.1) is 0 Å². The zero-order valence-electron chi connectivity index (χ0n) is 10.3. The number of ketones is 1. The van der Waals surface area contributed by atoms with Gasteiger partial charge >= 0.3 is 0 Å². The first-order valence-corrected chi connectivity index (χ1v) is 5.93.